The Morgan fingerprint density at radius 3 is 2.27 bits per heavy atom. The third kappa shape index (κ3) is 2.42. The van der Waals surface area contributed by atoms with Crippen molar-refractivity contribution in [2.75, 3.05) is 14.2 Å². The Hall–Kier alpha value is -1.22. The molecule has 0 saturated carbocycles. The molecule has 1 rings (SSSR count). The average molecular weight is 209 g/mol. The van der Waals surface area contributed by atoms with E-state index in [0.717, 1.165) is 17.1 Å². The third-order valence-electron chi connectivity index (χ3n) is 2.51. The lowest BCUT2D eigenvalue weighted by atomic mass is 9.96. The summed E-state index contributed by atoms with van der Waals surface area (Å²) >= 11 is 0. The Morgan fingerprint density at radius 1 is 1.13 bits per heavy atom. The van der Waals surface area contributed by atoms with Crippen molar-refractivity contribution in [1.82, 2.24) is 0 Å². The van der Waals surface area contributed by atoms with Gasteiger partial charge in [0.2, 0.25) is 0 Å². The monoisotopic (exact) mass is 209 g/mol. The van der Waals surface area contributed by atoms with Crippen LogP contribution in [0.2, 0.25) is 0 Å². The first-order valence-corrected chi connectivity index (χ1v) is 5.08. The normalized spacial score (nSPS) is 12.7. The van der Waals surface area contributed by atoms with E-state index >= 15 is 0 Å². The van der Waals surface area contributed by atoms with E-state index in [1.165, 1.54) is 0 Å². The molecular weight excluding hydrogens is 190 g/mol. The predicted octanol–water partition coefficient (Wildman–Crippen LogP) is 2.36. The van der Waals surface area contributed by atoms with Crippen LogP contribution in [0.15, 0.2) is 18.2 Å². The Bertz CT molecular complexity index is 323. The van der Waals surface area contributed by atoms with Crippen LogP contribution in [0.1, 0.15) is 25.5 Å². The van der Waals surface area contributed by atoms with Crippen molar-refractivity contribution in [2.24, 2.45) is 11.7 Å². The summed E-state index contributed by atoms with van der Waals surface area (Å²) in [6.45, 7) is 4.17. The summed E-state index contributed by atoms with van der Waals surface area (Å²) in [5, 5.41) is 0. The molecular formula is C12H19NO2. The molecule has 0 aliphatic carbocycles. The van der Waals surface area contributed by atoms with Crippen molar-refractivity contribution in [1.29, 1.82) is 0 Å². The van der Waals surface area contributed by atoms with Gasteiger partial charge in [0.15, 0.2) is 11.5 Å². The first kappa shape index (κ1) is 11.9. The lowest BCUT2D eigenvalue weighted by molar-refractivity contribution is 0.345. The van der Waals surface area contributed by atoms with Gasteiger partial charge in [0.1, 0.15) is 0 Å². The van der Waals surface area contributed by atoms with Gasteiger partial charge in [-0.15, -0.1) is 0 Å². The Morgan fingerprint density at radius 2 is 1.80 bits per heavy atom. The molecule has 3 nitrogen and oxygen atoms in total. The molecule has 1 aromatic rings. The highest BCUT2D eigenvalue weighted by molar-refractivity contribution is 5.48. The highest BCUT2D eigenvalue weighted by atomic mass is 16.5. The predicted molar refractivity (Wildman–Crippen MR) is 61.3 cm³/mol. The minimum atomic E-state index is -0.0324. The Balaban J connectivity index is 3.16. The second-order valence-corrected chi connectivity index (χ2v) is 3.85. The van der Waals surface area contributed by atoms with Gasteiger partial charge in [0.05, 0.1) is 14.2 Å². The molecule has 2 N–H and O–H groups in total. The fraction of sp³-hybridized carbons (Fsp3) is 0.500. The van der Waals surface area contributed by atoms with Crippen LogP contribution in [-0.4, -0.2) is 14.2 Å². The second kappa shape index (κ2) is 5.03. The van der Waals surface area contributed by atoms with E-state index in [-0.39, 0.29) is 6.04 Å². The number of ether oxygens (including phenoxy) is 2. The molecule has 0 unspecified atom stereocenters. The Labute approximate surface area is 91.2 Å². The van der Waals surface area contributed by atoms with E-state index < -0.39 is 0 Å². The molecule has 0 fully saturated rings. The van der Waals surface area contributed by atoms with Crippen molar-refractivity contribution in [3.8, 4) is 11.5 Å². The van der Waals surface area contributed by atoms with Crippen LogP contribution >= 0.6 is 0 Å². The highest BCUT2D eigenvalue weighted by Gasteiger charge is 2.17. The lowest BCUT2D eigenvalue weighted by Crippen LogP contribution is -2.17. The van der Waals surface area contributed by atoms with Crippen molar-refractivity contribution in [2.45, 2.75) is 19.9 Å². The van der Waals surface area contributed by atoms with Gasteiger partial charge >= 0.3 is 0 Å². The minimum absolute atomic E-state index is 0.0324. The molecule has 84 valence electrons. The number of rotatable bonds is 4. The van der Waals surface area contributed by atoms with Crippen LogP contribution in [0.4, 0.5) is 0 Å². The van der Waals surface area contributed by atoms with E-state index in [9.17, 15) is 0 Å². The summed E-state index contributed by atoms with van der Waals surface area (Å²) in [6.07, 6.45) is 0. The molecule has 0 spiro atoms. The zero-order valence-corrected chi connectivity index (χ0v) is 9.78. The first-order valence-electron chi connectivity index (χ1n) is 5.08. The van der Waals surface area contributed by atoms with Gasteiger partial charge in [-0.3, -0.25) is 0 Å². The number of para-hydroxylation sites is 1. The summed E-state index contributed by atoms with van der Waals surface area (Å²) in [6, 6.07) is 5.75. The molecule has 15 heavy (non-hydrogen) atoms. The van der Waals surface area contributed by atoms with Crippen LogP contribution in [0, 0.1) is 5.92 Å². The van der Waals surface area contributed by atoms with E-state index in [1.807, 2.05) is 18.2 Å². The van der Waals surface area contributed by atoms with Gasteiger partial charge in [0, 0.05) is 11.6 Å². The molecule has 1 atom stereocenters. The number of hydrogen-bond donors (Lipinski definition) is 1. The fourth-order valence-electron chi connectivity index (χ4n) is 1.53. The van der Waals surface area contributed by atoms with Gasteiger partial charge < -0.3 is 15.2 Å². The van der Waals surface area contributed by atoms with E-state index in [1.54, 1.807) is 14.2 Å². The van der Waals surface area contributed by atoms with E-state index in [2.05, 4.69) is 13.8 Å². The number of nitrogens with two attached hydrogens (primary N) is 1. The van der Waals surface area contributed by atoms with E-state index in [4.69, 9.17) is 15.2 Å². The van der Waals surface area contributed by atoms with E-state index in [0.29, 0.717) is 5.92 Å². The highest BCUT2D eigenvalue weighted by Crippen LogP contribution is 2.35. The summed E-state index contributed by atoms with van der Waals surface area (Å²) in [4.78, 5) is 0. The maximum Gasteiger partial charge on any atom is 0.165 e. The topological polar surface area (TPSA) is 44.5 Å². The smallest absolute Gasteiger partial charge is 0.165 e. The minimum Gasteiger partial charge on any atom is -0.493 e. The van der Waals surface area contributed by atoms with Gasteiger partial charge in [0.25, 0.3) is 0 Å². The zero-order chi connectivity index (χ0) is 11.4. The molecule has 0 aliphatic rings. The number of benzene rings is 1. The number of methoxy groups -OCH3 is 2. The summed E-state index contributed by atoms with van der Waals surface area (Å²) in [5.41, 5.74) is 7.09. The molecule has 0 radical (unpaired) electrons. The van der Waals surface area contributed by atoms with Crippen molar-refractivity contribution in [3.63, 3.8) is 0 Å². The standard InChI is InChI=1S/C12H19NO2/c1-8(2)11(13)9-6-5-7-10(14-3)12(9)15-4/h5-8,11H,13H2,1-4H3/t11-/m1/s1. The van der Waals surface area contributed by atoms with Crippen molar-refractivity contribution in [3.05, 3.63) is 23.8 Å². The van der Waals surface area contributed by atoms with Crippen LogP contribution in [0.25, 0.3) is 0 Å². The maximum atomic E-state index is 6.10. The van der Waals surface area contributed by atoms with Crippen LogP contribution in [0.3, 0.4) is 0 Å². The SMILES string of the molecule is COc1cccc([C@H](N)C(C)C)c1OC. The zero-order valence-electron chi connectivity index (χ0n) is 9.78. The van der Waals surface area contributed by atoms with Crippen LogP contribution < -0.4 is 15.2 Å². The molecule has 0 amide bonds. The Kier molecular flexibility index (Phi) is 3.97. The summed E-state index contributed by atoms with van der Waals surface area (Å²) in [5.74, 6) is 1.83. The molecule has 0 heterocycles. The molecule has 0 saturated heterocycles. The van der Waals surface area contributed by atoms with Crippen LogP contribution in [-0.2, 0) is 0 Å². The van der Waals surface area contributed by atoms with Crippen molar-refractivity contribution < 1.29 is 9.47 Å². The lowest BCUT2D eigenvalue weighted by Gasteiger charge is -2.20. The quantitative estimate of drug-likeness (QED) is 0.828. The van der Waals surface area contributed by atoms with Gasteiger partial charge in [-0.05, 0) is 12.0 Å². The summed E-state index contributed by atoms with van der Waals surface area (Å²) < 4.78 is 10.6. The second-order valence-electron chi connectivity index (χ2n) is 3.85. The van der Waals surface area contributed by atoms with Gasteiger partial charge in [-0.25, -0.2) is 0 Å². The number of hydrogen-bond acceptors (Lipinski definition) is 3. The molecule has 3 heteroatoms. The molecule has 1 aromatic carbocycles. The van der Waals surface area contributed by atoms with Gasteiger partial charge in [-0.2, -0.15) is 0 Å². The summed E-state index contributed by atoms with van der Waals surface area (Å²) in [7, 11) is 3.26. The first-order chi connectivity index (χ1) is 7.11. The molecule has 0 aliphatic heterocycles. The van der Waals surface area contributed by atoms with Gasteiger partial charge in [-0.1, -0.05) is 26.0 Å². The van der Waals surface area contributed by atoms with Crippen LogP contribution in [0.5, 0.6) is 11.5 Å². The third-order valence-corrected chi connectivity index (χ3v) is 2.51. The van der Waals surface area contributed by atoms with Crippen molar-refractivity contribution >= 4 is 0 Å². The maximum absolute atomic E-state index is 6.10. The fourth-order valence-corrected chi connectivity index (χ4v) is 1.53. The largest absolute Gasteiger partial charge is 0.493 e. The average Bonchev–Trinajstić information content (AvgIpc) is 2.26. The molecule has 0 aromatic heterocycles. The molecule has 0 bridgehead atoms.